The monoisotopic (exact) mass is 266 g/mol. The van der Waals surface area contributed by atoms with E-state index < -0.39 is 0 Å². The van der Waals surface area contributed by atoms with Crippen LogP contribution in [0, 0.1) is 5.82 Å². The van der Waals surface area contributed by atoms with Crippen LogP contribution in [0.3, 0.4) is 0 Å². The van der Waals surface area contributed by atoms with Crippen LogP contribution in [0.4, 0.5) is 16.0 Å². The Balaban J connectivity index is 1.97. The van der Waals surface area contributed by atoms with Crippen molar-refractivity contribution in [3.63, 3.8) is 0 Å². The number of anilines is 2. The number of nitrogens with one attached hydrogen (secondary N) is 1. The molecule has 0 saturated carbocycles. The number of nitrogens with two attached hydrogens (primary N) is 1. The quantitative estimate of drug-likeness (QED) is 0.892. The maximum Gasteiger partial charge on any atom is 0.150 e. The molecule has 1 aromatic heterocycles. The third-order valence-corrected chi connectivity index (χ3v) is 2.83. The number of benzene rings is 1. The fraction of sp³-hybridized carbons (Fsp3) is 0.167. The molecular weight excluding hydrogens is 255 g/mol. The van der Waals surface area contributed by atoms with E-state index >= 15 is 0 Å². The van der Waals surface area contributed by atoms with Crippen molar-refractivity contribution in [2.45, 2.75) is 6.42 Å². The van der Waals surface area contributed by atoms with E-state index in [1.807, 2.05) is 0 Å². The van der Waals surface area contributed by atoms with E-state index in [0.29, 0.717) is 24.3 Å². The predicted molar refractivity (Wildman–Crippen MR) is 70.0 cm³/mol. The molecule has 6 heteroatoms. The summed E-state index contributed by atoms with van der Waals surface area (Å²) in [5, 5.41) is 3.28. The van der Waals surface area contributed by atoms with Crippen molar-refractivity contribution in [1.29, 1.82) is 0 Å². The Kier molecular flexibility index (Phi) is 3.94. The van der Waals surface area contributed by atoms with Gasteiger partial charge in [0.15, 0.2) is 0 Å². The van der Waals surface area contributed by atoms with Crippen LogP contribution in [0.2, 0.25) is 5.02 Å². The van der Waals surface area contributed by atoms with Gasteiger partial charge in [0.25, 0.3) is 0 Å². The standard InChI is InChI=1S/C12H12ClFN4/c13-10-11(15)17-7-18-12(10)16-6-5-8-3-1-2-4-9(8)14/h1-4,7H,5-6H2,(H3,15,16,17,18). The topological polar surface area (TPSA) is 63.8 Å². The zero-order valence-electron chi connectivity index (χ0n) is 9.53. The van der Waals surface area contributed by atoms with Crippen LogP contribution < -0.4 is 11.1 Å². The van der Waals surface area contributed by atoms with E-state index in [1.165, 1.54) is 12.4 Å². The highest BCUT2D eigenvalue weighted by Crippen LogP contribution is 2.23. The second-order valence-electron chi connectivity index (χ2n) is 3.69. The molecule has 0 aliphatic heterocycles. The SMILES string of the molecule is Nc1ncnc(NCCc2ccccc2F)c1Cl. The lowest BCUT2D eigenvalue weighted by Gasteiger charge is -2.08. The Morgan fingerprint density at radius 2 is 2.06 bits per heavy atom. The Hall–Kier alpha value is -1.88. The van der Waals surface area contributed by atoms with Gasteiger partial charge in [-0.05, 0) is 18.1 Å². The summed E-state index contributed by atoms with van der Waals surface area (Å²) in [6.45, 7) is 0.511. The Bertz CT molecular complexity index is 547. The van der Waals surface area contributed by atoms with Crippen molar-refractivity contribution in [2.75, 3.05) is 17.6 Å². The summed E-state index contributed by atoms with van der Waals surface area (Å²) in [4.78, 5) is 7.72. The molecule has 1 aromatic carbocycles. The summed E-state index contributed by atoms with van der Waals surface area (Å²) >= 11 is 5.92. The maximum absolute atomic E-state index is 13.4. The van der Waals surface area contributed by atoms with Crippen molar-refractivity contribution >= 4 is 23.2 Å². The van der Waals surface area contributed by atoms with Gasteiger partial charge in [-0.1, -0.05) is 29.8 Å². The molecule has 0 unspecified atom stereocenters. The minimum Gasteiger partial charge on any atom is -0.382 e. The van der Waals surface area contributed by atoms with Gasteiger partial charge in [-0.3, -0.25) is 0 Å². The molecule has 94 valence electrons. The van der Waals surface area contributed by atoms with Crippen molar-refractivity contribution < 1.29 is 4.39 Å². The second kappa shape index (κ2) is 5.64. The van der Waals surface area contributed by atoms with Crippen LogP contribution >= 0.6 is 11.6 Å². The summed E-state index contributed by atoms with van der Waals surface area (Å²) in [5.74, 6) is 0.466. The molecule has 0 fully saturated rings. The minimum atomic E-state index is -0.215. The number of aromatic nitrogens is 2. The first-order valence-corrected chi connectivity index (χ1v) is 5.79. The van der Waals surface area contributed by atoms with Crippen molar-refractivity contribution in [3.8, 4) is 0 Å². The molecule has 1 heterocycles. The van der Waals surface area contributed by atoms with E-state index in [2.05, 4.69) is 15.3 Å². The number of nitrogens with zero attached hydrogens (tertiary/aromatic N) is 2. The fourth-order valence-corrected chi connectivity index (χ4v) is 1.69. The minimum absolute atomic E-state index is 0.215. The highest BCUT2D eigenvalue weighted by Gasteiger charge is 2.06. The second-order valence-corrected chi connectivity index (χ2v) is 4.07. The summed E-state index contributed by atoms with van der Waals surface area (Å²) in [6.07, 6.45) is 1.86. The lowest BCUT2D eigenvalue weighted by atomic mass is 10.1. The van der Waals surface area contributed by atoms with Gasteiger partial charge in [-0.15, -0.1) is 0 Å². The summed E-state index contributed by atoms with van der Waals surface area (Å²) in [5.41, 5.74) is 6.19. The first-order valence-electron chi connectivity index (χ1n) is 5.41. The molecule has 0 aliphatic carbocycles. The molecule has 0 bridgehead atoms. The molecule has 18 heavy (non-hydrogen) atoms. The number of hydrogen-bond acceptors (Lipinski definition) is 4. The normalized spacial score (nSPS) is 10.3. The lowest BCUT2D eigenvalue weighted by Crippen LogP contribution is -2.09. The molecule has 0 aliphatic rings. The molecule has 0 radical (unpaired) electrons. The van der Waals surface area contributed by atoms with E-state index in [1.54, 1.807) is 18.2 Å². The van der Waals surface area contributed by atoms with Crippen molar-refractivity contribution in [3.05, 3.63) is 47.0 Å². The first-order chi connectivity index (χ1) is 8.68. The predicted octanol–water partition coefficient (Wildman–Crippen LogP) is 2.51. The third-order valence-electron chi connectivity index (χ3n) is 2.46. The molecule has 3 N–H and O–H groups in total. The molecule has 4 nitrogen and oxygen atoms in total. The van der Waals surface area contributed by atoms with Gasteiger partial charge in [-0.25, -0.2) is 14.4 Å². The van der Waals surface area contributed by atoms with Gasteiger partial charge in [0.2, 0.25) is 0 Å². The van der Waals surface area contributed by atoms with Crippen LogP contribution in [0.15, 0.2) is 30.6 Å². The largest absolute Gasteiger partial charge is 0.382 e. The van der Waals surface area contributed by atoms with Gasteiger partial charge >= 0.3 is 0 Å². The molecule has 0 amide bonds. The van der Waals surface area contributed by atoms with E-state index in [9.17, 15) is 4.39 Å². The fourth-order valence-electron chi connectivity index (χ4n) is 1.52. The summed E-state index contributed by atoms with van der Waals surface area (Å²) in [6, 6.07) is 6.64. The average molecular weight is 267 g/mol. The number of rotatable bonds is 4. The lowest BCUT2D eigenvalue weighted by molar-refractivity contribution is 0.610. The van der Waals surface area contributed by atoms with E-state index in [-0.39, 0.29) is 16.7 Å². The zero-order valence-corrected chi connectivity index (χ0v) is 10.3. The zero-order chi connectivity index (χ0) is 13.0. The average Bonchev–Trinajstić information content (AvgIpc) is 2.37. The highest BCUT2D eigenvalue weighted by atomic mass is 35.5. The number of hydrogen-bond donors (Lipinski definition) is 2. The first kappa shape index (κ1) is 12.6. The number of nitrogen functional groups attached to an aromatic ring is 1. The van der Waals surface area contributed by atoms with Crippen molar-refractivity contribution in [1.82, 2.24) is 9.97 Å². The Morgan fingerprint density at radius 3 is 2.83 bits per heavy atom. The van der Waals surface area contributed by atoms with Gasteiger partial charge in [0.1, 0.15) is 28.8 Å². The Morgan fingerprint density at radius 1 is 1.28 bits per heavy atom. The molecular formula is C12H12ClFN4. The van der Waals surface area contributed by atoms with Gasteiger partial charge in [-0.2, -0.15) is 0 Å². The van der Waals surface area contributed by atoms with Crippen LogP contribution in [0.1, 0.15) is 5.56 Å². The Labute approximate surface area is 109 Å². The van der Waals surface area contributed by atoms with Crippen LogP contribution in [0.5, 0.6) is 0 Å². The van der Waals surface area contributed by atoms with Gasteiger partial charge < -0.3 is 11.1 Å². The maximum atomic E-state index is 13.4. The molecule has 2 aromatic rings. The van der Waals surface area contributed by atoms with E-state index in [0.717, 1.165) is 0 Å². The molecule has 0 atom stereocenters. The third kappa shape index (κ3) is 2.87. The smallest absolute Gasteiger partial charge is 0.150 e. The van der Waals surface area contributed by atoms with Crippen molar-refractivity contribution in [2.24, 2.45) is 0 Å². The molecule has 0 saturated heterocycles. The van der Waals surface area contributed by atoms with E-state index in [4.69, 9.17) is 17.3 Å². The van der Waals surface area contributed by atoms with Gasteiger partial charge in [0.05, 0.1) is 0 Å². The molecule has 0 spiro atoms. The summed E-state index contributed by atoms with van der Waals surface area (Å²) < 4.78 is 13.4. The van der Waals surface area contributed by atoms with Crippen LogP contribution in [-0.2, 0) is 6.42 Å². The van der Waals surface area contributed by atoms with Crippen LogP contribution in [0.25, 0.3) is 0 Å². The highest BCUT2D eigenvalue weighted by molar-refractivity contribution is 6.35. The number of halogens is 2. The van der Waals surface area contributed by atoms with Crippen LogP contribution in [-0.4, -0.2) is 16.5 Å². The summed E-state index contributed by atoms with van der Waals surface area (Å²) in [7, 11) is 0. The molecule has 2 rings (SSSR count). The van der Waals surface area contributed by atoms with Gasteiger partial charge in [0, 0.05) is 6.54 Å².